The average Bonchev–Trinajstić information content (AvgIpc) is 2.90. The summed E-state index contributed by atoms with van der Waals surface area (Å²) in [6.45, 7) is 2.43. The van der Waals surface area contributed by atoms with E-state index in [0.717, 1.165) is 11.3 Å². The van der Waals surface area contributed by atoms with Gasteiger partial charge in [-0.1, -0.05) is 0 Å². The number of nitrogens with zero attached hydrogens (tertiary/aromatic N) is 4. The molecule has 0 aliphatic rings. The van der Waals surface area contributed by atoms with Crippen LogP contribution in [0.4, 0.5) is 11.4 Å². The van der Waals surface area contributed by atoms with Crippen LogP contribution in [0.25, 0.3) is 0 Å². The van der Waals surface area contributed by atoms with E-state index in [1.165, 1.54) is 29.5 Å². The second kappa shape index (κ2) is 6.11. The molecule has 0 radical (unpaired) electrons. The lowest BCUT2D eigenvalue weighted by Gasteiger charge is -2.14. The van der Waals surface area contributed by atoms with Crippen molar-refractivity contribution < 1.29 is 10.0 Å². The van der Waals surface area contributed by atoms with Crippen LogP contribution < -0.4 is 5.32 Å². The van der Waals surface area contributed by atoms with Crippen LogP contribution in [0.1, 0.15) is 5.56 Å². The monoisotopic (exact) mass is 277 g/mol. The van der Waals surface area contributed by atoms with Crippen LogP contribution in [0, 0.1) is 17.0 Å². The first-order chi connectivity index (χ1) is 9.56. The Bertz CT molecular complexity index is 585. The maximum atomic E-state index is 10.6. The molecule has 0 unspecified atom stereocenters. The predicted octanol–water partition coefficient (Wildman–Crippen LogP) is 0.968. The number of hydrogen-bond acceptors (Lipinski definition) is 6. The van der Waals surface area contributed by atoms with Crippen molar-refractivity contribution in [1.82, 2.24) is 14.8 Å². The number of aliphatic hydroxyl groups is 1. The molecule has 8 nitrogen and oxygen atoms in total. The summed E-state index contributed by atoms with van der Waals surface area (Å²) >= 11 is 0. The Morgan fingerprint density at radius 2 is 2.35 bits per heavy atom. The third kappa shape index (κ3) is 3.51. The maximum absolute atomic E-state index is 10.6. The first kappa shape index (κ1) is 13.9. The molecule has 106 valence electrons. The number of non-ortho nitro benzene ring substituents is 1. The Kier molecular flexibility index (Phi) is 4.26. The number of aromatic nitrogens is 3. The highest BCUT2D eigenvalue weighted by Crippen LogP contribution is 2.21. The normalized spacial score (nSPS) is 12.1. The molecule has 0 saturated heterocycles. The molecule has 20 heavy (non-hydrogen) atoms. The lowest BCUT2D eigenvalue weighted by molar-refractivity contribution is -0.384. The maximum Gasteiger partial charge on any atom is 0.269 e. The van der Waals surface area contributed by atoms with Gasteiger partial charge in [-0.25, -0.2) is 4.98 Å². The first-order valence-corrected chi connectivity index (χ1v) is 6.05. The van der Waals surface area contributed by atoms with E-state index in [9.17, 15) is 15.2 Å². The SMILES string of the molecule is Cc1cc([N+](=O)[O-])ccc1NC[C@H](O)Cn1cncn1. The third-order valence-electron chi connectivity index (χ3n) is 2.81. The van der Waals surface area contributed by atoms with E-state index in [4.69, 9.17) is 0 Å². The minimum Gasteiger partial charge on any atom is -0.389 e. The zero-order valence-corrected chi connectivity index (χ0v) is 10.9. The van der Waals surface area contributed by atoms with E-state index >= 15 is 0 Å². The van der Waals surface area contributed by atoms with Crippen LogP contribution in [0.3, 0.4) is 0 Å². The van der Waals surface area contributed by atoms with Crippen molar-refractivity contribution >= 4 is 11.4 Å². The van der Waals surface area contributed by atoms with Crippen molar-refractivity contribution in [3.63, 3.8) is 0 Å². The first-order valence-electron chi connectivity index (χ1n) is 6.05. The number of nitro benzene ring substituents is 1. The number of aliphatic hydroxyl groups excluding tert-OH is 1. The van der Waals surface area contributed by atoms with Gasteiger partial charge in [0.2, 0.25) is 0 Å². The molecule has 1 aromatic heterocycles. The Labute approximate surface area is 115 Å². The van der Waals surface area contributed by atoms with Crippen molar-refractivity contribution in [1.29, 1.82) is 0 Å². The van der Waals surface area contributed by atoms with Crippen LogP contribution in [-0.4, -0.2) is 37.4 Å². The van der Waals surface area contributed by atoms with Gasteiger partial charge in [-0.3, -0.25) is 14.8 Å². The summed E-state index contributed by atoms with van der Waals surface area (Å²) in [4.78, 5) is 14.0. The van der Waals surface area contributed by atoms with Crippen molar-refractivity contribution in [3.8, 4) is 0 Å². The quantitative estimate of drug-likeness (QED) is 0.602. The minimum absolute atomic E-state index is 0.0520. The number of aryl methyl sites for hydroxylation is 1. The molecule has 1 aromatic carbocycles. The fourth-order valence-corrected chi connectivity index (χ4v) is 1.80. The van der Waals surface area contributed by atoms with Gasteiger partial charge in [0.25, 0.3) is 5.69 Å². The van der Waals surface area contributed by atoms with Crippen LogP contribution in [0.5, 0.6) is 0 Å². The highest BCUT2D eigenvalue weighted by Gasteiger charge is 2.10. The van der Waals surface area contributed by atoms with Gasteiger partial charge < -0.3 is 10.4 Å². The smallest absolute Gasteiger partial charge is 0.269 e. The zero-order chi connectivity index (χ0) is 14.5. The van der Waals surface area contributed by atoms with E-state index in [1.807, 2.05) is 0 Å². The Morgan fingerprint density at radius 1 is 1.55 bits per heavy atom. The number of nitro groups is 1. The van der Waals surface area contributed by atoms with E-state index in [0.29, 0.717) is 13.1 Å². The lowest BCUT2D eigenvalue weighted by Crippen LogP contribution is -2.25. The molecule has 0 bridgehead atoms. The summed E-state index contributed by atoms with van der Waals surface area (Å²) in [5.74, 6) is 0. The molecule has 0 aliphatic heterocycles. The fourth-order valence-electron chi connectivity index (χ4n) is 1.80. The number of rotatable bonds is 6. The summed E-state index contributed by atoms with van der Waals surface area (Å²) < 4.78 is 1.54. The molecule has 2 N–H and O–H groups in total. The van der Waals surface area contributed by atoms with E-state index in [1.54, 1.807) is 13.0 Å². The largest absolute Gasteiger partial charge is 0.389 e. The number of benzene rings is 1. The van der Waals surface area contributed by atoms with Gasteiger partial charge in [-0.15, -0.1) is 0 Å². The van der Waals surface area contributed by atoms with E-state index < -0.39 is 11.0 Å². The number of anilines is 1. The average molecular weight is 277 g/mol. The van der Waals surface area contributed by atoms with Gasteiger partial charge in [0.1, 0.15) is 12.7 Å². The molecule has 1 atom stereocenters. The van der Waals surface area contributed by atoms with Crippen LogP contribution in [0.15, 0.2) is 30.9 Å². The Hall–Kier alpha value is -2.48. The van der Waals surface area contributed by atoms with Crippen LogP contribution in [0.2, 0.25) is 0 Å². The van der Waals surface area contributed by atoms with E-state index in [2.05, 4.69) is 15.4 Å². The summed E-state index contributed by atoms with van der Waals surface area (Å²) in [5, 5.41) is 27.5. The Balaban J connectivity index is 1.92. The Morgan fingerprint density at radius 3 is 2.95 bits per heavy atom. The molecule has 0 spiro atoms. The predicted molar refractivity (Wildman–Crippen MR) is 72.4 cm³/mol. The van der Waals surface area contributed by atoms with Crippen LogP contribution in [-0.2, 0) is 6.54 Å². The fraction of sp³-hybridized carbons (Fsp3) is 0.333. The zero-order valence-electron chi connectivity index (χ0n) is 10.9. The molecule has 2 aromatic rings. The van der Waals surface area contributed by atoms with Crippen molar-refractivity contribution in [2.45, 2.75) is 19.6 Å². The second-order valence-corrected chi connectivity index (χ2v) is 4.41. The molecular formula is C12H15N5O3. The summed E-state index contributed by atoms with van der Waals surface area (Å²) in [6, 6.07) is 4.56. The molecule has 8 heteroatoms. The number of nitrogens with one attached hydrogen (secondary N) is 1. The van der Waals surface area contributed by atoms with E-state index in [-0.39, 0.29) is 5.69 Å². The topological polar surface area (TPSA) is 106 Å². The summed E-state index contributed by atoms with van der Waals surface area (Å²) in [6.07, 6.45) is 2.30. The van der Waals surface area contributed by atoms with Crippen LogP contribution >= 0.6 is 0 Å². The van der Waals surface area contributed by atoms with Gasteiger partial charge in [0.05, 0.1) is 17.6 Å². The van der Waals surface area contributed by atoms with Gasteiger partial charge in [0, 0.05) is 24.4 Å². The van der Waals surface area contributed by atoms with Crippen molar-refractivity contribution in [2.24, 2.45) is 0 Å². The summed E-state index contributed by atoms with van der Waals surface area (Å²) in [5.41, 5.74) is 1.57. The lowest BCUT2D eigenvalue weighted by atomic mass is 10.1. The molecular weight excluding hydrogens is 262 g/mol. The molecule has 0 amide bonds. The number of hydrogen-bond donors (Lipinski definition) is 2. The van der Waals surface area contributed by atoms with Gasteiger partial charge in [0.15, 0.2) is 0 Å². The highest BCUT2D eigenvalue weighted by molar-refractivity contribution is 5.55. The highest BCUT2D eigenvalue weighted by atomic mass is 16.6. The molecule has 0 saturated carbocycles. The second-order valence-electron chi connectivity index (χ2n) is 4.41. The molecule has 2 rings (SSSR count). The molecule has 0 fully saturated rings. The minimum atomic E-state index is -0.633. The third-order valence-corrected chi connectivity index (χ3v) is 2.81. The molecule has 0 aliphatic carbocycles. The molecule has 1 heterocycles. The van der Waals surface area contributed by atoms with Crippen molar-refractivity contribution in [2.75, 3.05) is 11.9 Å². The standard InChI is InChI=1S/C12H15N5O3/c1-9-4-10(17(19)20)2-3-12(9)14-5-11(18)6-16-8-13-7-15-16/h2-4,7-8,11,14,18H,5-6H2,1H3/t11-/m0/s1. The summed E-state index contributed by atoms with van der Waals surface area (Å²) in [7, 11) is 0. The van der Waals surface area contributed by atoms with Gasteiger partial charge >= 0.3 is 0 Å². The van der Waals surface area contributed by atoms with Gasteiger partial charge in [-0.05, 0) is 18.6 Å². The van der Waals surface area contributed by atoms with Gasteiger partial charge in [-0.2, -0.15) is 5.10 Å². The van der Waals surface area contributed by atoms with Crippen molar-refractivity contribution in [3.05, 3.63) is 46.5 Å².